The van der Waals surface area contributed by atoms with E-state index in [1.807, 2.05) is 41.8 Å². The van der Waals surface area contributed by atoms with E-state index < -0.39 is 0 Å². The number of imidazole rings is 1. The highest BCUT2D eigenvalue weighted by molar-refractivity contribution is 5.47. The van der Waals surface area contributed by atoms with Crippen molar-refractivity contribution >= 4 is 0 Å². The van der Waals surface area contributed by atoms with Gasteiger partial charge in [-0.15, -0.1) is 5.10 Å². The first-order valence-corrected chi connectivity index (χ1v) is 6.57. The molecular weight excluding hydrogens is 270 g/mol. The molecular formula is C13H17N7O. The molecule has 0 bridgehead atoms. The third-order valence-corrected chi connectivity index (χ3v) is 3.40. The summed E-state index contributed by atoms with van der Waals surface area (Å²) in [5.74, 6) is 0.780. The van der Waals surface area contributed by atoms with E-state index in [9.17, 15) is 0 Å². The van der Waals surface area contributed by atoms with E-state index in [0.29, 0.717) is 6.61 Å². The molecule has 0 amide bonds. The largest absolute Gasteiger partial charge is 0.382 e. The second-order valence-electron chi connectivity index (χ2n) is 4.80. The fraction of sp³-hybridized carbons (Fsp3) is 0.385. The van der Waals surface area contributed by atoms with Gasteiger partial charge in [0.05, 0.1) is 18.5 Å². The normalized spacial score (nSPS) is 12.7. The highest BCUT2D eigenvalue weighted by atomic mass is 16.5. The number of aryl methyl sites for hydroxylation is 2. The van der Waals surface area contributed by atoms with Gasteiger partial charge in [0.25, 0.3) is 0 Å². The Morgan fingerprint density at radius 1 is 1.29 bits per heavy atom. The van der Waals surface area contributed by atoms with Gasteiger partial charge in [-0.2, -0.15) is 5.10 Å². The number of ether oxygens (including phenoxy) is 1. The van der Waals surface area contributed by atoms with Crippen molar-refractivity contribution in [3.63, 3.8) is 0 Å². The number of hydrogen-bond donors (Lipinski definition) is 0. The predicted molar refractivity (Wildman–Crippen MR) is 75.4 cm³/mol. The van der Waals surface area contributed by atoms with Crippen LogP contribution < -0.4 is 0 Å². The second-order valence-corrected chi connectivity index (χ2v) is 4.80. The highest BCUT2D eigenvalue weighted by Gasteiger charge is 2.20. The molecule has 3 aromatic heterocycles. The Kier molecular flexibility index (Phi) is 3.53. The Hall–Kier alpha value is -2.48. The van der Waals surface area contributed by atoms with Crippen molar-refractivity contribution in [2.45, 2.75) is 6.04 Å². The SMILES string of the molecule is COC[C@H](c1ccnn1C)n1cc(-c2nccn2C)nn1. The first-order chi connectivity index (χ1) is 10.2. The molecule has 0 aliphatic carbocycles. The lowest BCUT2D eigenvalue weighted by molar-refractivity contribution is 0.160. The molecule has 0 N–H and O–H groups in total. The van der Waals surface area contributed by atoms with Crippen molar-refractivity contribution in [2.24, 2.45) is 14.1 Å². The van der Waals surface area contributed by atoms with Gasteiger partial charge in [0.2, 0.25) is 0 Å². The monoisotopic (exact) mass is 287 g/mol. The van der Waals surface area contributed by atoms with Crippen LogP contribution in [0.25, 0.3) is 11.5 Å². The number of aromatic nitrogens is 7. The lowest BCUT2D eigenvalue weighted by atomic mass is 10.2. The quantitative estimate of drug-likeness (QED) is 0.688. The van der Waals surface area contributed by atoms with Crippen molar-refractivity contribution in [2.75, 3.05) is 13.7 Å². The van der Waals surface area contributed by atoms with Gasteiger partial charge < -0.3 is 9.30 Å². The van der Waals surface area contributed by atoms with Crippen LogP contribution in [-0.4, -0.2) is 48.0 Å². The van der Waals surface area contributed by atoms with E-state index in [1.54, 1.807) is 24.2 Å². The Balaban J connectivity index is 1.96. The Morgan fingerprint density at radius 2 is 2.14 bits per heavy atom. The van der Waals surface area contributed by atoms with Crippen molar-refractivity contribution in [1.29, 1.82) is 0 Å². The van der Waals surface area contributed by atoms with Crippen LogP contribution in [0.4, 0.5) is 0 Å². The molecule has 21 heavy (non-hydrogen) atoms. The third kappa shape index (κ3) is 2.45. The Morgan fingerprint density at radius 3 is 2.76 bits per heavy atom. The summed E-state index contributed by atoms with van der Waals surface area (Å²) in [5.41, 5.74) is 1.74. The summed E-state index contributed by atoms with van der Waals surface area (Å²) in [6, 6.07) is 1.87. The van der Waals surface area contributed by atoms with Crippen LogP contribution in [0.5, 0.6) is 0 Å². The van der Waals surface area contributed by atoms with Crippen LogP contribution in [-0.2, 0) is 18.8 Å². The number of hydrogen-bond acceptors (Lipinski definition) is 5. The number of rotatable bonds is 5. The Bertz CT molecular complexity index is 726. The maximum Gasteiger partial charge on any atom is 0.161 e. The first-order valence-electron chi connectivity index (χ1n) is 6.57. The molecule has 3 rings (SSSR count). The summed E-state index contributed by atoms with van der Waals surface area (Å²) in [7, 11) is 5.49. The molecule has 1 atom stereocenters. The van der Waals surface area contributed by atoms with E-state index >= 15 is 0 Å². The third-order valence-electron chi connectivity index (χ3n) is 3.40. The molecule has 110 valence electrons. The van der Waals surface area contributed by atoms with Crippen LogP contribution in [0.1, 0.15) is 11.7 Å². The summed E-state index contributed by atoms with van der Waals surface area (Å²) < 4.78 is 10.8. The minimum Gasteiger partial charge on any atom is -0.382 e. The molecule has 0 unspecified atom stereocenters. The average Bonchev–Trinajstić information content (AvgIpc) is 3.17. The van der Waals surface area contributed by atoms with Crippen molar-refractivity contribution < 1.29 is 4.74 Å². The minimum absolute atomic E-state index is 0.0796. The van der Waals surface area contributed by atoms with E-state index in [0.717, 1.165) is 17.2 Å². The van der Waals surface area contributed by atoms with Crippen LogP contribution in [0, 0.1) is 0 Å². The van der Waals surface area contributed by atoms with Crippen LogP contribution in [0.3, 0.4) is 0 Å². The van der Waals surface area contributed by atoms with Crippen molar-refractivity contribution in [1.82, 2.24) is 34.3 Å². The van der Waals surface area contributed by atoms with E-state index in [-0.39, 0.29) is 6.04 Å². The maximum atomic E-state index is 5.31. The lowest BCUT2D eigenvalue weighted by Crippen LogP contribution is -2.19. The van der Waals surface area contributed by atoms with Gasteiger partial charge in [0.1, 0.15) is 11.7 Å². The van der Waals surface area contributed by atoms with Gasteiger partial charge in [-0.3, -0.25) is 4.68 Å². The molecule has 0 saturated heterocycles. The first kappa shape index (κ1) is 13.5. The minimum atomic E-state index is -0.0796. The van der Waals surface area contributed by atoms with E-state index in [1.165, 1.54) is 0 Å². The standard InChI is InChI=1S/C13H17N7O/c1-18-7-6-14-13(18)10-8-20(17-16-10)12(9-21-3)11-4-5-15-19(11)2/h4-8,12H,9H2,1-3H3/t12-/m1/s1. The highest BCUT2D eigenvalue weighted by Crippen LogP contribution is 2.20. The smallest absolute Gasteiger partial charge is 0.161 e. The molecule has 8 heteroatoms. The molecule has 0 aliphatic heterocycles. The maximum absolute atomic E-state index is 5.31. The van der Waals surface area contributed by atoms with Gasteiger partial charge >= 0.3 is 0 Å². The van der Waals surface area contributed by atoms with Crippen molar-refractivity contribution in [3.05, 3.63) is 36.5 Å². The summed E-state index contributed by atoms with van der Waals surface area (Å²) in [4.78, 5) is 4.28. The number of methoxy groups -OCH3 is 1. The van der Waals surface area contributed by atoms with Gasteiger partial charge in [-0.05, 0) is 6.07 Å². The molecule has 0 saturated carbocycles. The van der Waals surface area contributed by atoms with Gasteiger partial charge in [-0.25, -0.2) is 9.67 Å². The summed E-state index contributed by atoms with van der Waals surface area (Å²) in [6.45, 7) is 0.489. The fourth-order valence-corrected chi connectivity index (χ4v) is 2.31. The predicted octanol–water partition coefficient (Wildman–Crippen LogP) is 0.648. The van der Waals surface area contributed by atoms with E-state index in [2.05, 4.69) is 20.4 Å². The molecule has 8 nitrogen and oxygen atoms in total. The average molecular weight is 287 g/mol. The molecule has 0 fully saturated rings. The second kappa shape index (κ2) is 5.49. The van der Waals surface area contributed by atoms with Gasteiger partial charge in [0, 0.05) is 39.8 Å². The van der Waals surface area contributed by atoms with Crippen LogP contribution in [0.15, 0.2) is 30.9 Å². The summed E-state index contributed by atoms with van der Waals surface area (Å²) in [5, 5.41) is 12.6. The molecule has 3 aromatic rings. The zero-order valence-corrected chi connectivity index (χ0v) is 12.2. The van der Waals surface area contributed by atoms with Crippen LogP contribution >= 0.6 is 0 Å². The Labute approximate surface area is 122 Å². The van der Waals surface area contributed by atoms with Gasteiger partial charge in [-0.1, -0.05) is 5.21 Å². The molecule has 3 heterocycles. The van der Waals surface area contributed by atoms with E-state index in [4.69, 9.17) is 4.74 Å². The summed E-state index contributed by atoms with van der Waals surface area (Å²) in [6.07, 6.45) is 7.25. The van der Waals surface area contributed by atoms with Crippen LogP contribution in [0.2, 0.25) is 0 Å². The topological polar surface area (TPSA) is 75.6 Å². The fourth-order valence-electron chi connectivity index (χ4n) is 2.31. The number of nitrogens with zero attached hydrogens (tertiary/aromatic N) is 7. The zero-order chi connectivity index (χ0) is 14.8. The molecule has 0 aliphatic rings. The molecule has 0 spiro atoms. The molecule has 0 radical (unpaired) electrons. The van der Waals surface area contributed by atoms with Crippen molar-refractivity contribution in [3.8, 4) is 11.5 Å². The lowest BCUT2D eigenvalue weighted by Gasteiger charge is -2.16. The summed E-state index contributed by atoms with van der Waals surface area (Å²) >= 11 is 0. The zero-order valence-electron chi connectivity index (χ0n) is 12.2. The molecule has 0 aromatic carbocycles. The van der Waals surface area contributed by atoms with Gasteiger partial charge in [0.15, 0.2) is 5.82 Å².